The van der Waals surface area contributed by atoms with Crippen molar-refractivity contribution in [3.63, 3.8) is 0 Å². The maximum atomic E-state index is 11.9. The summed E-state index contributed by atoms with van der Waals surface area (Å²) in [6.07, 6.45) is 3.52. The number of esters is 1. The van der Waals surface area contributed by atoms with Crippen molar-refractivity contribution in [3.05, 3.63) is 29.3 Å². The van der Waals surface area contributed by atoms with Crippen molar-refractivity contribution in [1.82, 2.24) is 4.90 Å². The number of fused-ring (bicyclic) bond motifs is 1. The Morgan fingerprint density at radius 2 is 2.16 bits per heavy atom. The first-order valence-electron chi connectivity index (χ1n) is 8.43. The van der Waals surface area contributed by atoms with Gasteiger partial charge in [0.05, 0.1) is 13.7 Å². The summed E-state index contributed by atoms with van der Waals surface area (Å²) in [7, 11) is 1.67. The van der Waals surface area contributed by atoms with E-state index >= 15 is 0 Å². The molecule has 1 fully saturated rings. The van der Waals surface area contributed by atoms with Gasteiger partial charge in [-0.05, 0) is 42.2 Å². The maximum absolute atomic E-state index is 11.9. The molecule has 1 saturated heterocycles. The normalized spacial score (nSPS) is 19.2. The van der Waals surface area contributed by atoms with E-state index in [1.54, 1.807) is 14.0 Å². The lowest BCUT2D eigenvalue weighted by molar-refractivity contribution is -0.153. The zero-order valence-electron chi connectivity index (χ0n) is 14.6. The van der Waals surface area contributed by atoms with Crippen LogP contribution in [0, 0.1) is 5.92 Å². The molecule has 1 heterocycles. The smallest absolute Gasteiger partial charge is 0.317 e. The van der Waals surface area contributed by atoms with Crippen LogP contribution in [0.2, 0.25) is 0 Å². The minimum Gasteiger partial charge on any atom is -0.497 e. The highest BCUT2D eigenvalue weighted by atomic mass is 35.5. The van der Waals surface area contributed by atoms with Gasteiger partial charge in [-0.25, -0.2) is 0 Å². The SMILES string of the molecule is CCOC(=O)C1CN(CCC2=Cc3ccc(OC)cc32)CCC1=O.Cl. The van der Waals surface area contributed by atoms with E-state index in [-0.39, 0.29) is 24.2 Å². The maximum Gasteiger partial charge on any atom is 0.317 e. The Bertz CT molecular complexity index is 686. The molecule has 25 heavy (non-hydrogen) atoms. The summed E-state index contributed by atoms with van der Waals surface area (Å²) < 4.78 is 10.3. The minimum absolute atomic E-state index is 0. The van der Waals surface area contributed by atoms with E-state index in [1.807, 2.05) is 6.07 Å². The number of likely N-dealkylation sites (tertiary alicyclic amines) is 1. The Labute approximate surface area is 154 Å². The van der Waals surface area contributed by atoms with Gasteiger partial charge >= 0.3 is 5.97 Å². The Hall–Kier alpha value is -1.85. The van der Waals surface area contributed by atoms with Gasteiger partial charge in [-0.1, -0.05) is 12.1 Å². The largest absolute Gasteiger partial charge is 0.497 e. The Morgan fingerprint density at radius 1 is 1.36 bits per heavy atom. The first-order chi connectivity index (χ1) is 11.6. The zero-order valence-corrected chi connectivity index (χ0v) is 15.4. The van der Waals surface area contributed by atoms with Gasteiger partial charge in [0, 0.05) is 26.1 Å². The number of carbonyl (C=O) groups excluding carboxylic acids is 2. The Balaban J connectivity index is 0.00000225. The van der Waals surface area contributed by atoms with E-state index in [2.05, 4.69) is 23.1 Å². The third-order valence-corrected chi connectivity index (χ3v) is 4.71. The molecule has 0 N–H and O–H groups in total. The number of benzene rings is 1. The van der Waals surface area contributed by atoms with E-state index in [9.17, 15) is 9.59 Å². The van der Waals surface area contributed by atoms with Crippen molar-refractivity contribution in [2.45, 2.75) is 19.8 Å². The van der Waals surface area contributed by atoms with E-state index in [4.69, 9.17) is 9.47 Å². The number of hydrogen-bond acceptors (Lipinski definition) is 5. The molecule has 1 aromatic carbocycles. The van der Waals surface area contributed by atoms with Crippen LogP contribution < -0.4 is 4.74 Å². The fraction of sp³-hybridized carbons (Fsp3) is 0.474. The molecule has 0 radical (unpaired) electrons. The second kappa shape index (κ2) is 8.50. The lowest BCUT2D eigenvalue weighted by Gasteiger charge is -2.31. The highest BCUT2D eigenvalue weighted by Gasteiger charge is 2.33. The molecule has 5 nitrogen and oxygen atoms in total. The fourth-order valence-corrected chi connectivity index (χ4v) is 3.29. The molecule has 0 spiro atoms. The molecule has 1 unspecified atom stereocenters. The number of hydrogen-bond donors (Lipinski definition) is 0. The van der Waals surface area contributed by atoms with Gasteiger partial charge in [-0.2, -0.15) is 0 Å². The number of nitrogens with zero attached hydrogens (tertiary/aromatic N) is 1. The van der Waals surface area contributed by atoms with Gasteiger partial charge in [0.2, 0.25) is 0 Å². The van der Waals surface area contributed by atoms with Gasteiger partial charge in [-0.15, -0.1) is 12.4 Å². The predicted molar refractivity (Wildman–Crippen MR) is 98.9 cm³/mol. The summed E-state index contributed by atoms with van der Waals surface area (Å²) in [6, 6.07) is 6.09. The van der Waals surface area contributed by atoms with Gasteiger partial charge in [-0.3, -0.25) is 9.59 Å². The quantitative estimate of drug-likeness (QED) is 0.573. The molecule has 136 valence electrons. The fourth-order valence-electron chi connectivity index (χ4n) is 3.29. The topological polar surface area (TPSA) is 55.8 Å². The number of ketones is 1. The molecule has 3 rings (SSSR count). The lowest BCUT2D eigenvalue weighted by Crippen LogP contribution is -2.45. The van der Waals surface area contributed by atoms with Crippen molar-refractivity contribution < 1.29 is 19.1 Å². The van der Waals surface area contributed by atoms with Crippen molar-refractivity contribution in [2.24, 2.45) is 5.92 Å². The van der Waals surface area contributed by atoms with Crippen molar-refractivity contribution >= 4 is 35.8 Å². The standard InChI is InChI=1S/C19H23NO4.ClH/c1-3-24-19(22)17-12-20(9-7-18(17)21)8-6-14-10-13-4-5-15(23-2)11-16(13)14;/h4-5,10-11,17H,3,6-9,12H2,1-2H3;1H. The van der Waals surface area contributed by atoms with Gasteiger partial charge < -0.3 is 14.4 Å². The molecule has 0 saturated carbocycles. The number of Topliss-reactive ketones (excluding diaryl/α,β-unsaturated/α-hetero) is 1. The van der Waals surface area contributed by atoms with E-state index in [0.29, 0.717) is 26.1 Å². The molecule has 2 aliphatic rings. The van der Waals surface area contributed by atoms with Crippen LogP contribution in [0.5, 0.6) is 5.75 Å². The molecule has 0 bridgehead atoms. The van der Waals surface area contributed by atoms with Gasteiger partial charge in [0.1, 0.15) is 17.5 Å². The van der Waals surface area contributed by atoms with Crippen molar-refractivity contribution in [1.29, 1.82) is 0 Å². The van der Waals surface area contributed by atoms with Crippen molar-refractivity contribution in [2.75, 3.05) is 33.4 Å². The second-order valence-corrected chi connectivity index (χ2v) is 6.19. The number of piperidine rings is 1. The molecule has 0 aromatic heterocycles. The highest BCUT2D eigenvalue weighted by Crippen LogP contribution is 2.37. The van der Waals surface area contributed by atoms with Crippen LogP contribution >= 0.6 is 12.4 Å². The molecule has 1 aliphatic carbocycles. The Kier molecular flexibility index (Phi) is 6.62. The molecule has 6 heteroatoms. The van der Waals surface area contributed by atoms with Crippen LogP contribution in [0.4, 0.5) is 0 Å². The predicted octanol–water partition coefficient (Wildman–Crippen LogP) is 2.82. The second-order valence-electron chi connectivity index (χ2n) is 6.19. The van der Waals surface area contributed by atoms with Crippen molar-refractivity contribution in [3.8, 4) is 5.75 Å². The summed E-state index contributed by atoms with van der Waals surface area (Å²) in [5.74, 6) is -0.139. The zero-order chi connectivity index (χ0) is 17.1. The van der Waals surface area contributed by atoms with Crippen LogP contribution in [0.15, 0.2) is 18.2 Å². The number of ether oxygens (including phenoxy) is 2. The monoisotopic (exact) mass is 365 g/mol. The average Bonchev–Trinajstić information content (AvgIpc) is 2.57. The van der Waals surface area contributed by atoms with Gasteiger partial charge in [0.25, 0.3) is 0 Å². The minimum atomic E-state index is -0.624. The third kappa shape index (κ3) is 4.22. The summed E-state index contributed by atoms with van der Waals surface area (Å²) in [4.78, 5) is 26.0. The number of rotatable bonds is 6. The van der Waals surface area contributed by atoms with E-state index in [1.165, 1.54) is 16.7 Å². The van der Waals surface area contributed by atoms with Crippen LogP contribution in [0.3, 0.4) is 0 Å². The molecule has 1 aliphatic heterocycles. The number of halogens is 1. The summed E-state index contributed by atoms with van der Waals surface area (Å²) in [6.45, 7) is 4.10. The summed E-state index contributed by atoms with van der Waals surface area (Å²) in [5.41, 5.74) is 3.78. The van der Waals surface area contributed by atoms with Gasteiger partial charge in [0.15, 0.2) is 0 Å². The third-order valence-electron chi connectivity index (χ3n) is 4.71. The van der Waals surface area contributed by atoms with Crippen LogP contribution in [0.1, 0.15) is 30.9 Å². The highest BCUT2D eigenvalue weighted by molar-refractivity contribution is 6.00. The average molecular weight is 366 g/mol. The van der Waals surface area contributed by atoms with Crippen LogP contribution in [-0.2, 0) is 14.3 Å². The summed E-state index contributed by atoms with van der Waals surface area (Å²) in [5, 5.41) is 0. The van der Waals surface area contributed by atoms with Crippen LogP contribution in [-0.4, -0.2) is 50.0 Å². The number of carbonyl (C=O) groups is 2. The molecule has 1 aromatic rings. The van der Waals surface area contributed by atoms with Crippen LogP contribution in [0.25, 0.3) is 11.6 Å². The molecule has 1 atom stereocenters. The first kappa shape index (κ1) is 19.5. The molecular formula is C19H24ClNO4. The number of methoxy groups -OCH3 is 1. The van der Waals surface area contributed by atoms with E-state index < -0.39 is 5.92 Å². The molecule has 0 amide bonds. The summed E-state index contributed by atoms with van der Waals surface area (Å²) >= 11 is 0. The Morgan fingerprint density at radius 3 is 2.88 bits per heavy atom. The lowest BCUT2D eigenvalue weighted by atomic mass is 9.86. The first-order valence-corrected chi connectivity index (χ1v) is 8.43. The molecular weight excluding hydrogens is 342 g/mol. The van der Waals surface area contributed by atoms with E-state index in [0.717, 1.165) is 18.7 Å².